The molecule has 1 aromatic rings. The quantitative estimate of drug-likeness (QED) is 0.490. The Labute approximate surface area is 119 Å². The molecule has 2 rings (SSSR count). The monoisotopic (exact) mass is 279 g/mol. The van der Waals surface area contributed by atoms with Crippen LogP contribution < -0.4 is 9.64 Å². The van der Waals surface area contributed by atoms with Gasteiger partial charge in [-0.25, -0.2) is 0 Å². The maximum Gasteiger partial charge on any atom is 0.311 e. The van der Waals surface area contributed by atoms with E-state index < -0.39 is 0 Å². The number of piperidine rings is 1. The summed E-state index contributed by atoms with van der Waals surface area (Å²) in [6, 6.07) is 5.10. The molecule has 0 unspecified atom stereocenters. The molecule has 1 aliphatic heterocycles. The van der Waals surface area contributed by atoms with Crippen LogP contribution in [-0.2, 0) is 0 Å². The van der Waals surface area contributed by atoms with Gasteiger partial charge >= 0.3 is 5.69 Å². The minimum atomic E-state index is -0.377. The summed E-state index contributed by atoms with van der Waals surface area (Å²) in [7, 11) is 0. The lowest BCUT2D eigenvalue weighted by Gasteiger charge is -2.23. The van der Waals surface area contributed by atoms with E-state index in [1.807, 2.05) is 13.0 Å². The van der Waals surface area contributed by atoms with E-state index in [9.17, 15) is 10.1 Å². The Hall–Kier alpha value is -1.62. The van der Waals surface area contributed by atoms with Gasteiger partial charge in [-0.15, -0.1) is 0 Å². The molecule has 1 aliphatic rings. The van der Waals surface area contributed by atoms with E-state index in [0.29, 0.717) is 12.4 Å². The molecule has 1 N–H and O–H groups in total. The summed E-state index contributed by atoms with van der Waals surface area (Å²) < 4.78 is 5.59. The number of hydrogen-bond donors (Lipinski definition) is 1. The standard InChI is InChI=1S/C15H22N2O3/c1-13-6-7-15(14(12-13)17(18)19)20-11-5-10-16-8-3-2-4-9-16/h6-7,12H,2-5,8-11H2,1H3/p+1. The molecule has 5 heteroatoms. The fraction of sp³-hybridized carbons (Fsp3) is 0.600. The van der Waals surface area contributed by atoms with Crippen LogP contribution >= 0.6 is 0 Å². The topological polar surface area (TPSA) is 56.8 Å². The first-order chi connectivity index (χ1) is 9.66. The lowest BCUT2D eigenvalue weighted by molar-refractivity contribution is -0.905. The second kappa shape index (κ2) is 7.24. The van der Waals surface area contributed by atoms with Crippen molar-refractivity contribution in [2.75, 3.05) is 26.2 Å². The zero-order chi connectivity index (χ0) is 14.4. The van der Waals surface area contributed by atoms with E-state index in [0.717, 1.165) is 18.5 Å². The van der Waals surface area contributed by atoms with Crippen molar-refractivity contribution in [1.29, 1.82) is 0 Å². The van der Waals surface area contributed by atoms with Gasteiger partial charge in [0, 0.05) is 12.5 Å². The normalized spacial score (nSPS) is 16.1. The highest BCUT2D eigenvalue weighted by Gasteiger charge is 2.16. The van der Waals surface area contributed by atoms with E-state index in [1.54, 1.807) is 17.0 Å². The second-order valence-corrected chi connectivity index (χ2v) is 5.49. The molecule has 110 valence electrons. The summed E-state index contributed by atoms with van der Waals surface area (Å²) in [4.78, 5) is 12.2. The Morgan fingerprint density at radius 2 is 2.05 bits per heavy atom. The molecule has 1 heterocycles. The van der Waals surface area contributed by atoms with E-state index in [2.05, 4.69) is 0 Å². The van der Waals surface area contributed by atoms with E-state index in [1.165, 1.54) is 32.4 Å². The summed E-state index contributed by atoms with van der Waals surface area (Å²) in [6.45, 7) is 6.00. The summed E-state index contributed by atoms with van der Waals surface area (Å²) in [5, 5.41) is 11.0. The summed E-state index contributed by atoms with van der Waals surface area (Å²) >= 11 is 0. The van der Waals surface area contributed by atoms with Crippen molar-refractivity contribution in [3.05, 3.63) is 33.9 Å². The van der Waals surface area contributed by atoms with Gasteiger partial charge in [0.05, 0.1) is 31.2 Å². The smallest absolute Gasteiger partial charge is 0.311 e. The molecule has 0 bridgehead atoms. The number of aryl methyl sites for hydroxylation is 1. The third-order valence-electron chi connectivity index (χ3n) is 3.80. The van der Waals surface area contributed by atoms with Crippen LogP contribution in [0.3, 0.4) is 0 Å². The number of nitrogens with one attached hydrogen (secondary N) is 1. The number of rotatable bonds is 6. The van der Waals surface area contributed by atoms with Gasteiger partial charge in [0.1, 0.15) is 0 Å². The lowest BCUT2D eigenvalue weighted by atomic mass is 10.1. The van der Waals surface area contributed by atoms with E-state index in [-0.39, 0.29) is 10.6 Å². The van der Waals surface area contributed by atoms with Crippen molar-refractivity contribution in [2.24, 2.45) is 0 Å². The van der Waals surface area contributed by atoms with Gasteiger partial charge in [0.25, 0.3) is 0 Å². The van der Waals surface area contributed by atoms with E-state index >= 15 is 0 Å². The number of nitro groups is 1. The Bertz CT molecular complexity index is 456. The highest BCUT2D eigenvalue weighted by molar-refractivity contribution is 5.48. The third-order valence-corrected chi connectivity index (χ3v) is 3.80. The molecule has 1 fully saturated rings. The molecule has 0 aromatic heterocycles. The SMILES string of the molecule is Cc1ccc(OCCC[NH+]2CCCCC2)c([N+](=O)[O-])c1. The lowest BCUT2D eigenvalue weighted by Crippen LogP contribution is -3.12. The van der Waals surface area contributed by atoms with Crippen molar-refractivity contribution >= 4 is 5.69 Å². The van der Waals surface area contributed by atoms with Crippen molar-refractivity contribution in [3.63, 3.8) is 0 Å². The minimum absolute atomic E-state index is 0.0651. The minimum Gasteiger partial charge on any atom is -0.487 e. The zero-order valence-corrected chi connectivity index (χ0v) is 12.1. The first kappa shape index (κ1) is 14.8. The van der Waals surface area contributed by atoms with Gasteiger partial charge < -0.3 is 9.64 Å². The fourth-order valence-electron chi connectivity index (χ4n) is 2.70. The molecule has 1 saturated heterocycles. The summed E-state index contributed by atoms with van der Waals surface area (Å²) in [5.41, 5.74) is 0.942. The van der Waals surface area contributed by atoms with Crippen LogP contribution in [0, 0.1) is 17.0 Å². The van der Waals surface area contributed by atoms with Gasteiger partial charge in [-0.2, -0.15) is 0 Å². The average molecular weight is 279 g/mol. The Morgan fingerprint density at radius 1 is 1.30 bits per heavy atom. The van der Waals surface area contributed by atoms with Crippen LogP contribution in [-0.4, -0.2) is 31.2 Å². The largest absolute Gasteiger partial charge is 0.487 e. The number of nitro benzene ring substituents is 1. The fourth-order valence-corrected chi connectivity index (χ4v) is 2.70. The number of benzene rings is 1. The van der Waals surface area contributed by atoms with E-state index in [4.69, 9.17) is 4.74 Å². The highest BCUT2D eigenvalue weighted by Crippen LogP contribution is 2.27. The number of ether oxygens (including phenoxy) is 1. The molecule has 0 saturated carbocycles. The maximum absolute atomic E-state index is 11.0. The van der Waals surface area contributed by atoms with Gasteiger partial charge in [0.15, 0.2) is 5.75 Å². The molecule has 0 radical (unpaired) electrons. The molecule has 0 aliphatic carbocycles. The molecule has 20 heavy (non-hydrogen) atoms. The Kier molecular flexibility index (Phi) is 5.35. The van der Waals surface area contributed by atoms with Gasteiger partial charge in [0.2, 0.25) is 0 Å². The average Bonchev–Trinajstić information content (AvgIpc) is 2.45. The molecular formula is C15H23N2O3+. The van der Waals surface area contributed by atoms with Crippen LogP contribution in [0.5, 0.6) is 5.75 Å². The molecule has 0 amide bonds. The highest BCUT2D eigenvalue weighted by atomic mass is 16.6. The number of likely N-dealkylation sites (tertiary alicyclic amines) is 1. The van der Waals surface area contributed by atoms with Crippen LogP contribution in [0.1, 0.15) is 31.2 Å². The first-order valence-corrected chi connectivity index (χ1v) is 7.38. The number of quaternary nitrogens is 1. The molecule has 5 nitrogen and oxygen atoms in total. The van der Waals surface area contributed by atoms with Crippen molar-refractivity contribution in [1.82, 2.24) is 0 Å². The van der Waals surface area contributed by atoms with Crippen LogP contribution in [0.25, 0.3) is 0 Å². The van der Waals surface area contributed by atoms with Crippen molar-refractivity contribution < 1.29 is 14.6 Å². The van der Waals surface area contributed by atoms with Crippen molar-refractivity contribution in [3.8, 4) is 5.75 Å². The number of hydrogen-bond acceptors (Lipinski definition) is 3. The summed E-state index contributed by atoms with van der Waals surface area (Å²) in [5.74, 6) is 0.384. The van der Waals surface area contributed by atoms with Crippen LogP contribution in [0.2, 0.25) is 0 Å². The van der Waals surface area contributed by atoms with Crippen LogP contribution in [0.4, 0.5) is 5.69 Å². The molecule has 0 atom stereocenters. The predicted molar refractivity (Wildman–Crippen MR) is 77.4 cm³/mol. The Balaban J connectivity index is 1.80. The van der Waals surface area contributed by atoms with Gasteiger partial charge in [-0.1, -0.05) is 6.07 Å². The Morgan fingerprint density at radius 3 is 2.75 bits per heavy atom. The molecule has 0 spiro atoms. The summed E-state index contributed by atoms with van der Waals surface area (Å²) in [6.07, 6.45) is 4.94. The predicted octanol–water partition coefficient (Wildman–Crippen LogP) is 1.74. The van der Waals surface area contributed by atoms with Gasteiger partial charge in [-0.05, 0) is 37.8 Å². The number of nitrogens with zero attached hydrogens (tertiary/aromatic N) is 1. The zero-order valence-electron chi connectivity index (χ0n) is 12.1. The van der Waals surface area contributed by atoms with Crippen LogP contribution in [0.15, 0.2) is 18.2 Å². The van der Waals surface area contributed by atoms with Crippen molar-refractivity contribution in [2.45, 2.75) is 32.6 Å². The first-order valence-electron chi connectivity index (χ1n) is 7.38. The van der Waals surface area contributed by atoms with Gasteiger partial charge in [-0.3, -0.25) is 10.1 Å². The molecular weight excluding hydrogens is 256 g/mol. The maximum atomic E-state index is 11.0. The molecule has 1 aromatic carbocycles. The third kappa shape index (κ3) is 4.20. The second-order valence-electron chi connectivity index (χ2n) is 5.49.